The van der Waals surface area contributed by atoms with Crippen LogP contribution in [0.15, 0.2) is 6.07 Å². The van der Waals surface area contributed by atoms with Crippen molar-refractivity contribution >= 4 is 0 Å². The molecular weight excluding hydrogens is 217 g/mol. The maximum absolute atomic E-state index is 13.7. The fourth-order valence-electron chi connectivity index (χ4n) is 2.27. The highest BCUT2D eigenvalue weighted by Gasteiger charge is 2.37. The second kappa shape index (κ2) is 4.30. The van der Waals surface area contributed by atoms with Crippen molar-refractivity contribution in [2.75, 3.05) is 7.11 Å². The minimum Gasteiger partial charge on any atom is -0.496 e. The van der Waals surface area contributed by atoms with Crippen molar-refractivity contribution in [2.24, 2.45) is 5.73 Å². The van der Waals surface area contributed by atoms with E-state index in [0.29, 0.717) is 11.3 Å². The van der Waals surface area contributed by atoms with E-state index >= 15 is 0 Å². The van der Waals surface area contributed by atoms with Crippen molar-refractivity contribution < 1.29 is 9.13 Å². The summed E-state index contributed by atoms with van der Waals surface area (Å²) in [4.78, 5) is 0. The zero-order chi connectivity index (χ0) is 12.6. The predicted molar refractivity (Wildman–Crippen MR) is 66.9 cm³/mol. The van der Waals surface area contributed by atoms with Gasteiger partial charge in [-0.1, -0.05) is 0 Å². The summed E-state index contributed by atoms with van der Waals surface area (Å²) >= 11 is 0. The van der Waals surface area contributed by atoms with Crippen molar-refractivity contribution in [3.8, 4) is 5.75 Å². The quantitative estimate of drug-likeness (QED) is 0.874. The number of aryl methyl sites for hydroxylation is 1. The van der Waals surface area contributed by atoms with E-state index in [1.807, 2.05) is 6.92 Å². The van der Waals surface area contributed by atoms with Crippen LogP contribution in [0.1, 0.15) is 36.0 Å². The second-order valence-electron chi connectivity index (χ2n) is 5.16. The highest BCUT2D eigenvalue weighted by atomic mass is 19.1. The Bertz CT molecular complexity index is 438. The van der Waals surface area contributed by atoms with Crippen LogP contribution in [0.3, 0.4) is 0 Å². The molecule has 0 bridgehead atoms. The topological polar surface area (TPSA) is 35.2 Å². The Morgan fingerprint density at radius 3 is 2.53 bits per heavy atom. The summed E-state index contributed by atoms with van der Waals surface area (Å²) < 4.78 is 19.0. The van der Waals surface area contributed by atoms with Gasteiger partial charge < -0.3 is 10.5 Å². The van der Waals surface area contributed by atoms with Crippen LogP contribution in [0.2, 0.25) is 0 Å². The summed E-state index contributed by atoms with van der Waals surface area (Å²) in [6, 6.07) is 1.62. The molecular formula is C14H20FNO. The number of ether oxygens (including phenoxy) is 1. The van der Waals surface area contributed by atoms with Gasteiger partial charge in [-0.3, -0.25) is 0 Å². The van der Waals surface area contributed by atoms with Crippen LogP contribution in [0, 0.1) is 19.7 Å². The van der Waals surface area contributed by atoms with Crippen LogP contribution in [-0.4, -0.2) is 12.6 Å². The zero-order valence-corrected chi connectivity index (χ0v) is 10.8. The molecule has 0 aromatic heterocycles. The first kappa shape index (κ1) is 12.4. The molecule has 2 N–H and O–H groups in total. The molecule has 2 nitrogen and oxygen atoms in total. The number of benzene rings is 1. The van der Waals surface area contributed by atoms with E-state index in [9.17, 15) is 4.39 Å². The molecule has 0 aliphatic heterocycles. The number of rotatable bonds is 4. The molecule has 0 radical (unpaired) electrons. The van der Waals surface area contributed by atoms with Gasteiger partial charge in [-0.15, -0.1) is 0 Å². The van der Waals surface area contributed by atoms with Crippen molar-refractivity contribution in [3.05, 3.63) is 28.6 Å². The van der Waals surface area contributed by atoms with Gasteiger partial charge in [0.2, 0.25) is 0 Å². The molecule has 1 aliphatic rings. The zero-order valence-electron chi connectivity index (χ0n) is 10.8. The van der Waals surface area contributed by atoms with E-state index in [-0.39, 0.29) is 11.4 Å². The molecule has 0 heterocycles. The lowest BCUT2D eigenvalue weighted by atomic mass is 9.97. The summed E-state index contributed by atoms with van der Waals surface area (Å²) in [6.45, 7) is 3.73. The molecule has 3 heteroatoms. The lowest BCUT2D eigenvalue weighted by molar-refractivity contribution is 0.402. The van der Waals surface area contributed by atoms with Crippen molar-refractivity contribution in [1.29, 1.82) is 0 Å². The van der Waals surface area contributed by atoms with Crippen molar-refractivity contribution in [1.82, 2.24) is 0 Å². The summed E-state index contributed by atoms with van der Waals surface area (Å²) in [7, 11) is 1.59. The molecule has 1 fully saturated rings. The number of methoxy groups -OCH3 is 1. The monoisotopic (exact) mass is 237 g/mol. The molecule has 1 aromatic carbocycles. The van der Waals surface area contributed by atoms with Crippen LogP contribution in [0.25, 0.3) is 0 Å². The molecule has 0 saturated heterocycles. The third-order valence-electron chi connectivity index (χ3n) is 3.81. The third-order valence-corrected chi connectivity index (χ3v) is 3.81. The molecule has 94 valence electrons. The molecule has 2 rings (SSSR count). The molecule has 1 saturated carbocycles. The minimum absolute atomic E-state index is 0.0149. The highest BCUT2D eigenvalue weighted by Crippen LogP contribution is 2.38. The van der Waals surface area contributed by atoms with E-state index < -0.39 is 0 Å². The van der Waals surface area contributed by atoms with E-state index in [1.54, 1.807) is 20.1 Å². The van der Waals surface area contributed by atoms with Gasteiger partial charge in [0.1, 0.15) is 11.6 Å². The smallest absolute Gasteiger partial charge is 0.130 e. The van der Waals surface area contributed by atoms with Gasteiger partial charge in [0.15, 0.2) is 0 Å². The second-order valence-corrected chi connectivity index (χ2v) is 5.16. The average Bonchev–Trinajstić information content (AvgIpc) is 3.02. The Morgan fingerprint density at radius 2 is 2.00 bits per heavy atom. The summed E-state index contributed by atoms with van der Waals surface area (Å²) in [5.74, 6) is 0.478. The Kier molecular flexibility index (Phi) is 3.13. The molecule has 0 amide bonds. The van der Waals surface area contributed by atoms with Crippen LogP contribution in [-0.2, 0) is 6.42 Å². The van der Waals surface area contributed by atoms with Gasteiger partial charge >= 0.3 is 0 Å². The van der Waals surface area contributed by atoms with Gasteiger partial charge in [-0.2, -0.15) is 0 Å². The van der Waals surface area contributed by atoms with Gasteiger partial charge in [0.25, 0.3) is 0 Å². The van der Waals surface area contributed by atoms with E-state index in [1.165, 1.54) is 0 Å². The number of halogens is 1. The number of nitrogens with two attached hydrogens (primary N) is 1. The molecule has 0 spiro atoms. The number of hydrogen-bond donors (Lipinski definition) is 1. The van der Waals surface area contributed by atoms with Crippen molar-refractivity contribution in [3.63, 3.8) is 0 Å². The van der Waals surface area contributed by atoms with Crippen LogP contribution in [0.5, 0.6) is 5.75 Å². The predicted octanol–water partition coefficient (Wildman–Crippen LogP) is 2.88. The SMILES string of the molecule is COc1c(C)c(F)cc(CCC2(N)CC2)c1C. The Balaban J connectivity index is 2.24. The molecule has 0 atom stereocenters. The molecule has 1 aliphatic carbocycles. The van der Waals surface area contributed by atoms with Crippen molar-refractivity contribution in [2.45, 2.75) is 45.1 Å². The van der Waals surface area contributed by atoms with E-state index in [0.717, 1.165) is 36.8 Å². The third kappa shape index (κ3) is 2.44. The molecule has 0 unspecified atom stereocenters. The first-order valence-electron chi connectivity index (χ1n) is 6.08. The standard InChI is InChI=1S/C14H20FNO/c1-9-11(4-5-14(16)6-7-14)8-12(15)10(2)13(9)17-3/h8H,4-7,16H2,1-3H3. The number of hydrogen-bond acceptors (Lipinski definition) is 2. The summed E-state index contributed by atoms with van der Waals surface area (Å²) in [6.07, 6.45) is 3.95. The minimum atomic E-state index is -0.190. The fourth-order valence-corrected chi connectivity index (χ4v) is 2.27. The van der Waals surface area contributed by atoms with Crippen LogP contribution >= 0.6 is 0 Å². The Hall–Kier alpha value is -1.09. The lowest BCUT2D eigenvalue weighted by Gasteiger charge is -2.15. The van der Waals surface area contributed by atoms with Gasteiger partial charge in [-0.25, -0.2) is 4.39 Å². The fraction of sp³-hybridized carbons (Fsp3) is 0.571. The normalized spacial score (nSPS) is 17.0. The van der Waals surface area contributed by atoms with Gasteiger partial charge in [-0.05, 0) is 56.7 Å². The van der Waals surface area contributed by atoms with Gasteiger partial charge in [0.05, 0.1) is 7.11 Å². The van der Waals surface area contributed by atoms with Crippen LogP contribution < -0.4 is 10.5 Å². The Labute approximate surface area is 102 Å². The Morgan fingerprint density at radius 1 is 1.35 bits per heavy atom. The lowest BCUT2D eigenvalue weighted by Crippen LogP contribution is -2.22. The first-order chi connectivity index (χ1) is 7.97. The summed E-state index contributed by atoms with van der Waals surface area (Å²) in [5, 5.41) is 0. The molecule has 1 aromatic rings. The average molecular weight is 237 g/mol. The van der Waals surface area contributed by atoms with E-state index in [4.69, 9.17) is 10.5 Å². The maximum Gasteiger partial charge on any atom is 0.130 e. The first-order valence-corrected chi connectivity index (χ1v) is 6.08. The summed E-state index contributed by atoms with van der Waals surface area (Å²) in [5.41, 5.74) is 8.71. The van der Waals surface area contributed by atoms with Gasteiger partial charge in [0, 0.05) is 11.1 Å². The maximum atomic E-state index is 13.7. The van der Waals surface area contributed by atoms with E-state index in [2.05, 4.69) is 0 Å². The van der Waals surface area contributed by atoms with Crippen LogP contribution in [0.4, 0.5) is 4.39 Å². The highest BCUT2D eigenvalue weighted by molar-refractivity contribution is 5.46. The molecule has 17 heavy (non-hydrogen) atoms. The largest absolute Gasteiger partial charge is 0.496 e.